The summed E-state index contributed by atoms with van der Waals surface area (Å²) >= 11 is 0. The molecule has 1 fully saturated rings. The highest BCUT2D eigenvalue weighted by Gasteiger charge is 2.34. The van der Waals surface area contributed by atoms with Crippen LogP contribution in [0.5, 0.6) is 0 Å². The Balaban J connectivity index is 1.54. The number of ether oxygens (including phenoxy) is 1. The van der Waals surface area contributed by atoms with Crippen molar-refractivity contribution in [2.75, 3.05) is 25.5 Å². The van der Waals surface area contributed by atoms with E-state index in [1.54, 1.807) is 47.4 Å². The lowest BCUT2D eigenvalue weighted by molar-refractivity contribution is -0.128. The van der Waals surface area contributed by atoms with Crippen LogP contribution in [0.15, 0.2) is 48.5 Å². The Hall–Kier alpha value is -3.22. The Bertz CT molecular complexity index is 882. The molecule has 6 nitrogen and oxygen atoms in total. The summed E-state index contributed by atoms with van der Waals surface area (Å²) in [7, 11) is 1.30. The Kier molecular flexibility index (Phi) is 6.03. The molecule has 0 spiro atoms. The van der Waals surface area contributed by atoms with Crippen LogP contribution in [0.4, 0.5) is 10.1 Å². The molecular formula is C21H21FN2O4. The molecule has 1 unspecified atom stereocenters. The molecule has 1 atom stereocenters. The Morgan fingerprint density at radius 2 is 1.89 bits per heavy atom. The molecule has 2 aromatic carbocycles. The summed E-state index contributed by atoms with van der Waals surface area (Å²) in [5.41, 5.74) is 1.47. The van der Waals surface area contributed by atoms with Gasteiger partial charge in [-0.3, -0.25) is 9.59 Å². The average molecular weight is 384 g/mol. The van der Waals surface area contributed by atoms with Crippen LogP contribution in [0.3, 0.4) is 0 Å². The zero-order chi connectivity index (χ0) is 20.1. The largest absolute Gasteiger partial charge is 0.465 e. The number of amides is 2. The Morgan fingerprint density at radius 1 is 1.18 bits per heavy atom. The highest BCUT2D eigenvalue weighted by atomic mass is 19.1. The van der Waals surface area contributed by atoms with Crippen molar-refractivity contribution in [2.24, 2.45) is 5.92 Å². The lowest BCUT2D eigenvalue weighted by Crippen LogP contribution is -2.30. The van der Waals surface area contributed by atoms with Crippen molar-refractivity contribution in [3.63, 3.8) is 0 Å². The van der Waals surface area contributed by atoms with Gasteiger partial charge in [-0.25, -0.2) is 9.18 Å². The number of rotatable bonds is 6. The summed E-state index contributed by atoms with van der Waals surface area (Å²) in [5.74, 6) is -1.58. The first-order chi connectivity index (χ1) is 13.5. The van der Waals surface area contributed by atoms with E-state index >= 15 is 0 Å². The predicted octanol–water partition coefficient (Wildman–Crippen LogP) is 2.64. The van der Waals surface area contributed by atoms with Gasteiger partial charge in [0, 0.05) is 25.2 Å². The number of carbonyl (C=O) groups excluding carboxylic acids is 3. The Labute approximate surface area is 162 Å². The summed E-state index contributed by atoms with van der Waals surface area (Å²) in [5, 5.41) is 2.76. The monoisotopic (exact) mass is 384 g/mol. The fourth-order valence-corrected chi connectivity index (χ4v) is 3.17. The van der Waals surface area contributed by atoms with Crippen LogP contribution in [0, 0.1) is 11.7 Å². The predicted molar refractivity (Wildman–Crippen MR) is 101 cm³/mol. The number of carbonyl (C=O) groups is 3. The van der Waals surface area contributed by atoms with Crippen LogP contribution in [0.1, 0.15) is 22.3 Å². The third-order valence-electron chi connectivity index (χ3n) is 4.77. The number of nitrogens with zero attached hydrogens (tertiary/aromatic N) is 1. The van der Waals surface area contributed by atoms with Gasteiger partial charge in [-0.2, -0.15) is 0 Å². The normalized spacial score (nSPS) is 16.1. The van der Waals surface area contributed by atoms with Crippen molar-refractivity contribution in [1.82, 2.24) is 4.90 Å². The van der Waals surface area contributed by atoms with E-state index in [2.05, 4.69) is 10.1 Å². The van der Waals surface area contributed by atoms with Crippen molar-refractivity contribution in [2.45, 2.75) is 12.8 Å². The molecule has 1 aliphatic rings. The van der Waals surface area contributed by atoms with Gasteiger partial charge in [-0.15, -0.1) is 0 Å². The second-order valence-electron chi connectivity index (χ2n) is 6.64. The molecule has 3 rings (SSSR count). The van der Waals surface area contributed by atoms with Gasteiger partial charge < -0.3 is 15.0 Å². The standard InChI is InChI=1S/C21H21FN2O4/c1-28-21(27)15-6-8-17(9-7-15)23-20(26)16-12-19(25)24(13-16)11-10-14-4-2-3-5-18(14)22/h2-9,16H,10-13H2,1H3,(H,23,26). The minimum absolute atomic E-state index is 0.113. The van der Waals surface area contributed by atoms with E-state index < -0.39 is 11.9 Å². The fourth-order valence-electron chi connectivity index (χ4n) is 3.17. The molecule has 28 heavy (non-hydrogen) atoms. The van der Waals surface area contributed by atoms with Crippen molar-refractivity contribution in [3.8, 4) is 0 Å². The average Bonchev–Trinajstić information content (AvgIpc) is 3.08. The molecule has 146 valence electrons. The number of nitrogens with one attached hydrogen (secondary N) is 1. The third kappa shape index (κ3) is 4.54. The summed E-state index contributed by atoms with van der Waals surface area (Å²) in [6.45, 7) is 0.677. The van der Waals surface area contributed by atoms with Crippen molar-refractivity contribution >= 4 is 23.5 Å². The molecule has 1 aliphatic heterocycles. The van der Waals surface area contributed by atoms with Gasteiger partial charge >= 0.3 is 5.97 Å². The molecule has 0 saturated carbocycles. The number of anilines is 1. The molecule has 1 heterocycles. The van der Waals surface area contributed by atoms with E-state index in [-0.39, 0.29) is 24.1 Å². The maximum absolute atomic E-state index is 13.7. The topological polar surface area (TPSA) is 75.7 Å². The van der Waals surface area contributed by atoms with Gasteiger partial charge in [0.2, 0.25) is 11.8 Å². The van der Waals surface area contributed by atoms with Gasteiger partial charge in [-0.05, 0) is 42.3 Å². The molecular weight excluding hydrogens is 363 g/mol. The third-order valence-corrected chi connectivity index (χ3v) is 4.77. The highest BCUT2D eigenvalue weighted by molar-refractivity contribution is 5.97. The number of benzene rings is 2. The molecule has 2 amide bonds. The van der Waals surface area contributed by atoms with Gasteiger partial charge in [0.05, 0.1) is 18.6 Å². The maximum Gasteiger partial charge on any atom is 0.337 e. The SMILES string of the molecule is COC(=O)c1ccc(NC(=O)C2CC(=O)N(CCc3ccccc3F)C2)cc1. The van der Waals surface area contributed by atoms with Crippen LogP contribution in [-0.2, 0) is 20.7 Å². The second-order valence-corrected chi connectivity index (χ2v) is 6.64. The van der Waals surface area contributed by atoms with Crippen LogP contribution in [-0.4, -0.2) is 42.9 Å². The van der Waals surface area contributed by atoms with E-state index in [0.29, 0.717) is 36.3 Å². The zero-order valence-corrected chi connectivity index (χ0v) is 15.5. The highest BCUT2D eigenvalue weighted by Crippen LogP contribution is 2.21. The van der Waals surface area contributed by atoms with E-state index in [4.69, 9.17) is 0 Å². The van der Waals surface area contributed by atoms with Crippen LogP contribution >= 0.6 is 0 Å². The molecule has 7 heteroatoms. The number of hydrogen-bond acceptors (Lipinski definition) is 4. The first-order valence-electron chi connectivity index (χ1n) is 8.98. The van der Waals surface area contributed by atoms with E-state index in [0.717, 1.165) is 0 Å². The summed E-state index contributed by atoms with van der Waals surface area (Å²) < 4.78 is 18.3. The van der Waals surface area contributed by atoms with Gasteiger partial charge in [0.25, 0.3) is 0 Å². The number of methoxy groups -OCH3 is 1. The van der Waals surface area contributed by atoms with E-state index in [1.165, 1.54) is 13.2 Å². The maximum atomic E-state index is 13.7. The van der Waals surface area contributed by atoms with Crippen LogP contribution in [0.2, 0.25) is 0 Å². The summed E-state index contributed by atoms with van der Waals surface area (Å²) in [4.78, 5) is 37.7. The lowest BCUT2D eigenvalue weighted by atomic mass is 10.1. The molecule has 0 aliphatic carbocycles. The minimum atomic E-state index is -0.464. The smallest absolute Gasteiger partial charge is 0.337 e. The molecule has 0 bridgehead atoms. The second kappa shape index (κ2) is 8.65. The van der Waals surface area contributed by atoms with Crippen molar-refractivity contribution in [3.05, 3.63) is 65.5 Å². The van der Waals surface area contributed by atoms with Crippen LogP contribution in [0.25, 0.3) is 0 Å². The van der Waals surface area contributed by atoms with Crippen LogP contribution < -0.4 is 5.32 Å². The molecule has 1 saturated heterocycles. The number of hydrogen-bond donors (Lipinski definition) is 1. The summed E-state index contributed by atoms with van der Waals surface area (Å²) in [6, 6.07) is 12.8. The Morgan fingerprint density at radius 3 is 2.57 bits per heavy atom. The molecule has 0 aromatic heterocycles. The van der Waals surface area contributed by atoms with Gasteiger partial charge in [0.15, 0.2) is 0 Å². The quantitative estimate of drug-likeness (QED) is 0.777. The number of halogens is 1. The molecule has 1 N–H and O–H groups in total. The summed E-state index contributed by atoms with van der Waals surface area (Å²) in [6.07, 6.45) is 0.533. The van der Waals surface area contributed by atoms with E-state index in [9.17, 15) is 18.8 Å². The van der Waals surface area contributed by atoms with Crippen molar-refractivity contribution in [1.29, 1.82) is 0 Å². The number of likely N-dealkylation sites (tertiary alicyclic amines) is 1. The fraction of sp³-hybridized carbons (Fsp3) is 0.286. The van der Waals surface area contributed by atoms with Gasteiger partial charge in [-0.1, -0.05) is 18.2 Å². The first kappa shape index (κ1) is 19.5. The van der Waals surface area contributed by atoms with Crippen molar-refractivity contribution < 1.29 is 23.5 Å². The first-order valence-corrected chi connectivity index (χ1v) is 8.98. The minimum Gasteiger partial charge on any atom is -0.465 e. The lowest BCUT2D eigenvalue weighted by Gasteiger charge is -2.17. The van der Waals surface area contributed by atoms with E-state index in [1.807, 2.05) is 0 Å². The van der Waals surface area contributed by atoms with Gasteiger partial charge in [0.1, 0.15) is 5.82 Å². The molecule has 2 aromatic rings. The number of esters is 1. The zero-order valence-electron chi connectivity index (χ0n) is 15.5. The molecule has 0 radical (unpaired) electrons.